The van der Waals surface area contributed by atoms with E-state index >= 15 is 0 Å². The van der Waals surface area contributed by atoms with Crippen molar-refractivity contribution in [2.24, 2.45) is 0 Å². The van der Waals surface area contributed by atoms with Crippen LogP contribution in [-0.2, 0) is 13.6 Å². The fourth-order valence-electron chi connectivity index (χ4n) is 0.424. The Morgan fingerprint density at radius 1 is 1.08 bits per heavy atom. The molecule has 0 aromatic heterocycles. The highest BCUT2D eigenvalue weighted by molar-refractivity contribution is 7.47. The highest BCUT2D eigenvalue weighted by atomic mass is 35.5. The summed E-state index contributed by atoms with van der Waals surface area (Å²) in [6.45, 7) is 2.28. The lowest BCUT2D eigenvalue weighted by molar-refractivity contribution is 0.110. The Hall–Kier alpha value is 1.27. The van der Waals surface area contributed by atoms with Crippen molar-refractivity contribution in [3.63, 3.8) is 0 Å². The second kappa shape index (κ2) is 4.42. The van der Waals surface area contributed by atoms with Crippen molar-refractivity contribution in [1.82, 2.24) is 0 Å². The molecule has 0 saturated heterocycles. The van der Waals surface area contributed by atoms with E-state index in [-0.39, 0.29) is 0 Å². The molecule has 0 aromatic carbocycles. The van der Waals surface area contributed by atoms with Crippen LogP contribution in [0.2, 0.25) is 0 Å². The molecule has 0 aliphatic carbocycles. The van der Waals surface area contributed by atoms with E-state index in [1.807, 2.05) is 0 Å². The SMILES string of the molecule is CC(Cl)(Cl)OP(=O)(O)OC(C)(Cl)Cl. The van der Waals surface area contributed by atoms with Gasteiger partial charge in [0.2, 0.25) is 9.04 Å². The number of rotatable bonds is 4. The van der Waals surface area contributed by atoms with Gasteiger partial charge in [-0.15, -0.1) is 0 Å². The van der Waals surface area contributed by atoms with Gasteiger partial charge in [-0.25, -0.2) is 13.6 Å². The van der Waals surface area contributed by atoms with Gasteiger partial charge in [0, 0.05) is 0 Å². The smallest absolute Gasteiger partial charge is 0.302 e. The van der Waals surface area contributed by atoms with Crippen LogP contribution in [0, 0.1) is 0 Å². The molecule has 0 spiro atoms. The Kier molecular flexibility index (Phi) is 4.85. The number of phosphoric ester groups is 1. The third-order valence-electron chi connectivity index (χ3n) is 0.551. The molecule has 0 fully saturated rings. The van der Waals surface area contributed by atoms with Gasteiger partial charge in [-0.05, 0) is 13.8 Å². The standard InChI is InChI=1S/C4H7Cl4O4P/c1-3(5,6)11-13(9,10)12-4(2,7)8/h1-2H3,(H,9,10). The molecule has 0 aliphatic rings. The van der Waals surface area contributed by atoms with Gasteiger partial charge in [0.25, 0.3) is 0 Å². The first-order valence-electron chi connectivity index (χ1n) is 2.91. The molecule has 0 saturated carbocycles. The van der Waals surface area contributed by atoms with Crippen LogP contribution in [0.15, 0.2) is 0 Å². The van der Waals surface area contributed by atoms with E-state index in [0.29, 0.717) is 0 Å². The highest BCUT2D eigenvalue weighted by Crippen LogP contribution is 2.53. The third-order valence-corrected chi connectivity index (χ3v) is 2.48. The Balaban J connectivity index is 4.35. The first-order valence-corrected chi connectivity index (χ1v) is 5.92. The number of hydrogen-bond donors (Lipinski definition) is 1. The average Bonchev–Trinajstić information content (AvgIpc) is 1.43. The molecule has 0 bridgehead atoms. The van der Waals surface area contributed by atoms with Crippen molar-refractivity contribution in [2.75, 3.05) is 0 Å². The van der Waals surface area contributed by atoms with Crippen molar-refractivity contribution in [1.29, 1.82) is 0 Å². The van der Waals surface area contributed by atoms with Crippen LogP contribution in [0.25, 0.3) is 0 Å². The molecule has 0 rings (SSSR count). The number of phosphoric acid groups is 1. The molecule has 0 heterocycles. The quantitative estimate of drug-likeness (QED) is 0.637. The molecular weight excluding hydrogens is 285 g/mol. The summed E-state index contributed by atoms with van der Waals surface area (Å²) in [5.41, 5.74) is 0. The summed E-state index contributed by atoms with van der Waals surface area (Å²) in [5, 5.41) is 0. The van der Waals surface area contributed by atoms with Crippen molar-refractivity contribution in [3.05, 3.63) is 0 Å². The predicted octanol–water partition coefficient (Wildman–Crippen LogP) is 3.42. The van der Waals surface area contributed by atoms with Crippen LogP contribution in [0.1, 0.15) is 13.8 Å². The zero-order valence-corrected chi connectivity index (χ0v) is 10.5. The predicted molar refractivity (Wildman–Crippen MR) is 52.2 cm³/mol. The minimum Gasteiger partial charge on any atom is -0.302 e. The molecular formula is C4H7Cl4O4P. The van der Waals surface area contributed by atoms with Crippen molar-refractivity contribution in [2.45, 2.75) is 22.9 Å². The molecule has 9 heteroatoms. The Labute approximate surface area is 95.6 Å². The van der Waals surface area contributed by atoms with Gasteiger partial charge in [0.05, 0.1) is 0 Å². The fourth-order valence-corrected chi connectivity index (χ4v) is 2.32. The van der Waals surface area contributed by atoms with Gasteiger partial charge >= 0.3 is 7.82 Å². The number of hydrogen-bond acceptors (Lipinski definition) is 3. The zero-order valence-electron chi connectivity index (χ0n) is 6.63. The first kappa shape index (κ1) is 14.3. The van der Waals surface area contributed by atoms with Gasteiger partial charge in [0.15, 0.2) is 0 Å². The maximum Gasteiger partial charge on any atom is 0.477 e. The molecule has 80 valence electrons. The molecule has 0 aromatic rings. The second-order valence-electron chi connectivity index (χ2n) is 2.27. The van der Waals surface area contributed by atoms with Gasteiger partial charge in [0.1, 0.15) is 0 Å². The second-order valence-corrected chi connectivity index (χ2v) is 6.84. The van der Waals surface area contributed by atoms with Crippen molar-refractivity contribution in [3.8, 4) is 0 Å². The first-order chi connectivity index (χ1) is 5.41. The molecule has 0 amide bonds. The maximum atomic E-state index is 11.0. The summed E-state index contributed by atoms with van der Waals surface area (Å²) >= 11 is 21.2. The van der Waals surface area contributed by atoms with Gasteiger partial charge < -0.3 is 4.89 Å². The topological polar surface area (TPSA) is 55.8 Å². The van der Waals surface area contributed by atoms with E-state index in [2.05, 4.69) is 9.05 Å². The van der Waals surface area contributed by atoms with Crippen LogP contribution in [0.5, 0.6) is 0 Å². The lowest BCUT2D eigenvalue weighted by Gasteiger charge is -2.22. The van der Waals surface area contributed by atoms with Crippen molar-refractivity contribution >= 4 is 54.2 Å². The lowest BCUT2D eigenvalue weighted by Crippen LogP contribution is -2.16. The molecule has 4 nitrogen and oxygen atoms in total. The zero-order chi connectivity index (χ0) is 10.9. The molecule has 0 aliphatic heterocycles. The normalized spacial score (nSPS) is 14.7. The van der Waals surface area contributed by atoms with E-state index in [9.17, 15) is 4.57 Å². The summed E-state index contributed by atoms with van der Waals surface area (Å²) in [5.74, 6) is 0. The van der Waals surface area contributed by atoms with E-state index in [1.54, 1.807) is 0 Å². The van der Waals surface area contributed by atoms with Gasteiger partial charge in [-0.1, -0.05) is 46.4 Å². The minimum absolute atomic E-state index is 1.14. The van der Waals surface area contributed by atoms with Crippen LogP contribution >= 0.6 is 54.2 Å². The lowest BCUT2D eigenvalue weighted by atomic mass is 10.9. The summed E-state index contributed by atoms with van der Waals surface area (Å²) < 4.78 is 15.8. The van der Waals surface area contributed by atoms with Crippen molar-refractivity contribution < 1.29 is 18.5 Å². The van der Waals surface area contributed by atoms with Gasteiger partial charge in [-0.2, -0.15) is 0 Å². The van der Waals surface area contributed by atoms with E-state index in [0.717, 1.165) is 13.8 Å². The molecule has 13 heavy (non-hydrogen) atoms. The minimum atomic E-state index is -4.46. The Morgan fingerprint density at radius 2 is 1.31 bits per heavy atom. The summed E-state index contributed by atoms with van der Waals surface area (Å²) in [6, 6.07) is 0. The van der Waals surface area contributed by atoms with Crippen LogP contribution < -0.4 is 0 Å². The largest absolute Gasteiger partial charge is 0.477 e. The Morgan fingerprint density at radius 3 is 1.46 bits per heavy atom. The Bertz CT molecular complexity index is 199. The summed E-state index contributed by atoms with van der Waals surface area (Å²) in [4.78, 5) is 8.96. The third kappa shape index (κ3) is 9.57. The molecule has 0 atom stereocenters. The monoisotopic (exact) mass is 290 g/mol. The highest BCUT2D eigenvalue weighted by Gasteiger charge is 2.38. The van der Waals surface area contributed by atoms with Crippen LogP contribution in [-0.4, -0.2) is 13.9 Å². The van der Waals surface area contributed by atoms with Crippen LogP contribution in [0.4, 0.5) is 0 Å². The summed E-state index contributed by atoms with van der Waals surface area (Å²) in [6.07, 6.45) is 0. The molecule has 0 unspecified atom stereocenters. The van der Waals surface area contributed by atoms with Crippen LogP contribution in [0.3, 0.4) is 0 Å². The van der Waals surface area contributed by atoms with Gasteiger partial charge in [-0.3, -0.25) is 0 Å². The van der Waals surface area contributed by atoms with E-state index in [4.69, 9.17) is 51.3 Å². The fraction of sp³-hybridized carbons (Fsp3) is 1.00. The van der Waals surface area contributed by atoms with E-state index in [1.165, 1.54) is 0 Å². The summed E-state index contributed by atoms with van der Waals surface area (Å²) in [7, 11) is -4.46. The number of halogens is 4. The average molecular weight is 292 g/mol. The molecule has 0 radical (unpaired) electrons. The maximum absolute atomic E-state index is 11.0. The van der Waals surface area contributed by atoms with E-state index < -0.39 is 16.9 Å². The molecule has 1 N–H and O–H groups in total. The number of alkyl halides is 4.